The Labute approximate surface area is 79.3 Å². The molecule has 0 aromatic rings. The number of likely N-dealkylation sites (tertiary alicyclic amines) is 1. The van der Waals surface area contributed by atoms with E-state index in [1.165, 1.54) is 0 Å². The van der Waals surface area contributed by atoms with Crippen molar-refractivity contribution in [3.8, 4) is 0 Å². The summed E-state index contributed by atoms with van der Waals surface area (Å²) in [6.45, 7) is 4.74. The van der Waals surface area contributed by atoms with E-state index in [1.54, 1.807) is 4.90 Å². The van der Waals surface area contributed by atoms with E-state index in [-0.39, 0.29) is 17.6 Å². The molecular formula is C9H19N3O. The molecule has 1 aliphatic rings. The van der Waals surface area contributed by atoms with Gasteiger partial charge in [0.05, 0.1) is 0 Å². The summed E-state index contributed by atoms with van der Waals surface area (Å²) in [7, 11) is 0. The summed E-state index contributed by atoms with van der Waals surface area (Å²) in [4.78, 5) is 12.7. The predicted octanol–water partition coefficient (Wildman–Crippen LogP) is 0.657. The Morgan fingerprint density at radius 1 is 1.62 bits per heavy atom. The fourth-order valence-electron chi connectivity index (χ4n) is 1.95. The first-order valence-electron chi connectivity index (χ1n) is 4.75. The average Bonchev–Trinajstić information content (AvgIpc) is 2.31. The summed E-state index contributed by atoms with van der Waals surface area (Å²) in [5.41, 5.74) is 10.9. The molecule has 4 nitrogen and oxygen atoms in total. The van der Waals surface area contributed by atoms with Gasteiger partial charge in [-0.1, -0.05) is 0 Å². The Morgan fingerprint density at radius 3 is 2.69 bits per heavy atom. The lowest BCUT2D eigenvalue weighted by Gasteiger charge is -2.29. The van der Waals surface area contributed by atoms with Crippen LogP contribution in [0, 0.1) is 0 Å². The summed E-state index contributed by atoms with van der Waals surface area (Å²) in [6, 6.07) is -0.0655. The molecule has 13 heavy (non-hydrogen) atoms. The van der Waals surface area contributed by atoms with Crippen LogP contribution >= 0.6 is 0 Å². The minimum Gasteiger partial charge on any atom is -0.351 e. The lowest BCUT2D eigenvalue weighted by Crippen LogP contribution is -2.45. The second-order valence-corrected chi connectivity index (χ2v) is 4.52. The van der Waals surface area contributed by atoms with Gasteiger partial charge in [-0.05, 0) is 33.1 Å². The zero-order valence-corrected chi connectivity index (χ0v) is 8.42. The van der Waals surface area contributed by atoms with Crippen LogP contribution in [0.25, 0.3) is 0 Å². The summed E-state index contributed by atoms with van der Waals surface area (Å²) in [5.74, 6) is 0. The number of carbonyl (C=O) groups excluding carboxylic acids is 1. The largest absolute Gasteiger partial charge is 0.351 e. The van der Waals surface area contributed by atoms with Gasteiger partial charge in [0.2, 0.25) is 0 Å². The third kappa shape index (κ3) is 2.88. The molecule has 0 aromatic heterocycles. The molecule has 1 rings (SSSR count). The van der Waals surface area contributed by atoms with E-state index in [1.807, 2.05) is 13.8 Å². The van der Waals surface area contributed by atoms with Crippen LogP contribution in [0.4, 0.5) is 4.79 Å². The molecule has 1 unspecified atom stereocenters. The molecule has 1 aliphatic heterocycles. The number of nitrogens with two attached hydrogens (primary N) is 2. The molecule has 1 saturated heterocycles. The molecule has 0 spiro atoms. The van der Waals surface area contributed by atoms with Crippen LogP contribution in [0.3, 0.4) is 0 Å². The van der Waals surface area contributed by atoms with Crippen molar-refractivity contribution in [2.24, 2.45) is 11.5 Å². The van der Waals surface area contributed by atoms with Crippen LogP contribution in [0.15, 0.2) is 0 Å². The highest BCUT2D eigenvalue weighted by molar-refractivity contribution is 5.72. The number of hydrogen-bond donors (Lipinski definition) is 2. The molecular weight excluding hydrogens is 166 g/mol. The van der Waals surface area contributed by atoms with Gasteiger partial charge in [-0.3, -0.25) is 0 Å². The number of nitrogens with zero attached hydrogens (tertiary/aromatic N) is 1. The molecule has 1 heterocycles. The Hall–Kier alpha value is -0.770. The van der Waals surface area contributed by atoms with Crippen molar-refractivity contribution in [3.63, 3.8) is 0 Å². The van der Waals surface area contributed by atoms with E-state index in [0.29, 0.717) is 0 Å². The number of urea groups is 1. The van der Waals surface area contributed by atoms with Gasteiger partial charge in [-0.15, -0.1) is 0 Å². The van der Waals surface area contributed by atoms with Crippen molar-refractivity contribution in [3.05, 3.63) is 0 Å². The van der Waals surface area contributed by atoms with Crippen LogP contribution in [0.1, 0.15) is 33.1 Å². The van der Waals surface area contributed by atoms with Crippen LogP contribution in [-0.4, -0.2) is 29.1 Å². The van der Waals surface area contributed by atoms with Crippen LogP contribution in [0.5, 0.6) is 0 Å². The number of carbonyl (C=O) groups is 1. The molecule has 1 fully saturated rings. The van der Waals surface area contributed by atoms with E-state index in [2.05, 4.69) is 0 Å². The number of hydrogen-bond acceptors (Lipinski definition) is 2. The van der Waals surface area contributed by atoms with Crippen LogP contribution in [0.2, 0.25) is 0 Å². The van der Waals surface area contributed by atoms with Crippen LogP contribution in [-0.2, 0) is 0 Å². The Morgan fingerprint density at radius 2 is 2.23 bits per heavy atom. The fraction of sp³-hybridized carbons (Fsp3) is 0.889. The minimum absolute atomic E-state index is 0.220. The van der Waals surface area contributed by atoms with E-state index in [0.717, 1.165) is 25.8 Å². The highest BCUT2D eigenvalue weighted by atomic mass is 16.2. The molecule has 76 valence electrons. The highest BCUT2D eigenvalue weighted by Gasteiger charge is 2.30. The first kappa shape index (κ1) is 10.3. The predicted molar refractivity (Wildman–Crippen MR) is 52.2 cm³/mol. The van der Waals surface area contributed by atoms with Gasteiger partial charge in [0, 0.05) is 18.1 Å². The van der Waals surface area contributed by atoms with Crippen molar-refractivity contribution < 1.29 is 4.79 Å². The van der Waals surface area contributed by atoms with E-state index in [4.69, 9.17) is 11.5 Å². The van der Waals surface area contributed by atoms with Crippen LogP contribution < -0.4 is 11.5 Å². The monoisotopic (exact) mass is 185 g/mol. The second kappa shape index (κ2) is 3.54. The number of amides is 2. The third-order valence-corrected chi connectivity index (χ3v) is 2.42. The lowest BCUT2D eigenvalue weighted by atomic mass is 9.95. The Kier molecular flexibility index (Phi) is 2.81. The first-order valence-corrected chi connectivity index (χ1v) is 4.75. The molecule has 2 amide bonds. The smallest absolute Gasteiger partial charge is 0.315 e. The van der Waals surface area contributed by atoms with Crippen molar-refractivity contribution in [2.45, 2.75) is 44.7 Å². The second-order valence-electron chi connectivity index (χ2n) is 4.52. The summed E-state index contributed by atoms with van der Waals surface area (Å²) in [6.07, 6.45) is 2.91. The van der Waals surface area contributed by atoms with Gasteiger partial charge in [-0.2, -0.15) is 0 Å². The molecule has 0 radical (unpaired) electrons. The highest BCUT2D eigenvalue weighted by Crippen LogP contribution is 2.23. The molecule has 1 atom stereocenters. The van der Waals surface area contributed by atoms with Gasteiger partial charge >= 0.3 is 6.03 Å². The van der Waals surface area contributed by atoms with Crippen molar-refractivity contribution in [1.82, 2.24) is 4.90 Å². The summed E-state index contributed by atoms with van der Waals surface area (Å²) >= 11 is 0. The summed E-state index contributed by atoms with van der Waals surface area (Å²) < 4.78 is 0. The number of primary amides is 1. The Bertz CT molecular complexity index is 198. The number of rotatable bonds is 2. The molecule has 4 heteroatoms. The van der Waals surface area contributed by atoms with E-state index in [9.17, 15) is 4.79 Å². The maximum Gasteiger partial charge on any atom is 0.315 e. The van der Waals surface area contributed by atoms with Gasteiger partial charge in [-0.25, -0.2) is 4.79 Å². The van der Waals surface area contributed by atoms with Crippen molar-refractivity contribution in [2.75, 3.05) is 6.54 Å². The zero-order chi connectivity index (χ0) is 10.1. The normalized spacial score (nSPS) is 23.6. The topological polar surface area (TPSA) is 72.3 Å². The van der Waals surface area contributed by atoms with Crippen molar-refractivity contribution >= 4 is 6.03 Å². The zero-order valence-electron chi connectivity index (χ0n) is 8.42. The van der Waals surface area contributed by atoms with Gasteiger partial charge < -0.3 is 16.4 Å². The fourth-order valence-corrected chi connectivity index (χ4v) is 1.95. The molecule has 0 aliphatic carbocycles. The average molecular weight is 185 g/mol. The molecule has 0 bridgehead atoms. The molecule has 0 saturated carbocycles. The van der Waals surface area contributed by atoms with Crippen molar-refractivity contribution in [1.29, 1.82) is 0 Å². The lowest BCUT2D eigenvalue weighted by molar-refractivity contribution is 0.192. The quantitative estimate of drug-likeness (QED) is 0.663. The van der Waals surface area contributed by atoms with E-state index >= 15 is 0 Å². The Balaban J connectivity index is 2.54. The minimum atomic E-state index is -0.313. The molecule has 4 N–H and O–H groups in total. The SMILES string of the molecule is CC(C)(N)CC1CCCN1C(N)=O. The molecule has 0 aromatic carbocycles. The maximum atomic E-state index is 11.0. The first-order chi connectivity index (χ1) is 5.90. The van der Waals surface area contributed by atoms with E-state index < -0.39 is 0 Å². The van der Waals surface area contributed by atoms with Gasteiger partial charge in [0.15, 0.2) is 0 Å². The van der Waals surface area contributed by atoms with Gasteiger partial charge in [0.1, 0.15) is 0 Å². The van der Waals surface area contributed by atoms with Gasteiger partial charge in [0.25, 0.3) is 0 Å². The summed E-state index contributed by atoms with van der Waals surface area (Å²) in [5, 5.41) is 0. The standard InChI is InChI=1S/C9H19N3O/c1-9(2,11)6-7-4-3-5-12(7)8(10)13/h7H,3-6,11H2,1-2H3,(H2,10,13). The third-order valence-electron chi connectivity index (χ3n) is 2.42. The maximum absolute atomic E-state index is 11.0.